The molecule has 0 aliphatic heterocycles. The smallest absolute Gasteiger partial charge is 0.128 e. The minimum absolute atomic E-state index is 0.627. The number of hydrogen-bond acceptors (Lipinski definition) is 2. The highest BCUT2D eigenvalue weighted by molar-refractivity contribution is 9.10. The molecular weight excluding hydrogens is 265 g/mol. The van der Waals surface area contributed by atoms with Crippen LogP contribution in [0.5, 0.6) is 5.75 Å². The highest BCUT2D eigenvalue weighted by Gasteiger charge is 2.06. The third-order valence-electron chi connectivity index (χ3n) is 1.95. The number of aromatic nitrogens is 1. The van der Waals surface area contributed by atoms with Gasteiger partial charge < -0.3 is 4.74 Å². The average Bonchev–Trinajstić information content (AvgIpc) is 2.19. The summed E-state index contributed by atoms with van der Waals surface area (Å²) in [6.45, 7) is 0. The van der Waals surface area contributed by atoms with E-state index in [1.54, 1.807) is 13.2 Å². The van der Waals surface area contributed by atoms with Gasteiger partial charge in [-0.1, -0.05) is 11.6 Å². The van der Waals surface area contributed by atoms with Crippen LogP contribution in [-0.4, -0.2) is 12.1 Å². The molecule has 72 valence electrons. The van der Waals surface area contributed by atoms with Gasteiger partial charge >= 0.3 is 0 Å². The molecule has 0 atom stereocenters. The summed E-state index contributed by atoms with van der Waals surface area (Å²) in [5.41, 5.74) is 0.750. The predicted molar refractivity (Wildman–Crippen MR) is 61.0 cm³/mol. The molecule has 2 aromatic rings. The van der Waals surface area contributed by atoms with E-state index < -0.39 is 0 Å². The van der Waals surface area contributed by atoms with E-state index >= 15 is 0 Å². The first kappa shape index (κ1) is 9.74. The number of halogens is 2. The number of benzene rings is 1. The molecule has 0 radical (unpaired) electrons. The molecule has 0 aliphatic carbocycles. The van der Waals surface area contributed by atoms with E-state index in [-0.39, 0.29) is 0 Å². The number of hydrogen-bond donors (Lipinski definition) is 0. The summed E-state index contributed by atoms with van der Waals surface area (Å²) in [6.07, 6.45) is 0. The van der Waals surface area contributed by atoms with Gasteiger partial charge in [0.25, 0.3) is 0 Å². The van der Waals surface area contributed by atoms with Crippen molar-refractivity contribution in [1.29, 1.82) is 0 Å². The standard InChI is InChI=1S/C10H7BrClNO/c1-14-8-4-3-7(12)10-6(8)2-5-9(11)13-10/h2-5H,1H3. The van der Waals surface area contributed by atoms with Crippen molar-refractivity contribution >= 4 is 38.4 Å². The van der Waals surface area contributed by atoms with Crippen LogP contribution in [0, 0.1) is 0 Å². The molecule has 0 spiro atoms. The van der Waals surface area contributed by atoms with Gasteiger partial charge in [0.2, 0.25) is 0 Å². The molecule has 1 aromatic heterocycles. The Bertz CT molecular complexity index is 487. The lowest BCUT2D eigenvalue weighted by Crippen LogP contribution is -1.87. The molecule has 2 nitrogen and oxygen atoms in total. The van der Waals surface area contributed by atoms with Crippen molar-refractivity contribution in [3.63, 3.8) is 0 Å². The molecule has 0 saturated carbocycles. The first-order valence-electron chi connectivity index (χ1n) is 4.01. The van der Waals surface area contributed by atoms with Gasteiger partial charge in [0, 0.05) is 5.39 Å². The van der Waals surface area contributed by atoms with Crippen LogP contribution in [-0.2, 0) is 0 Å². The monoisotopic (exact) mass is 271 g/mol. The summed E-state index contributed by atoms with van der Waals surface area (Å²) in [5.74, 6) is 0.782. The maximum Gasteiger partial charge on any atom is 0.128 e. The van der Waals surface area contributed by atoms with E-state index in [9.17, 15) is 0 Å². The minimum atomic E-state index is 0.627. The molecule has 14 heavy (non-hydrogen) atoms. The third kappa shape index (κ3) is 1.57. The van der Waals surface area contributed by atoms with Gasteiger partial charge in [0.1, 0.15) is 10.4 Å². The predicted octanol–water partition coefficient (Wildman–Crippen LogP) is 3.66. The number of rotatable bonds is 1. The highest BCUT2D eigenvalue weighted by atomic mass is 79.9. The number of ether oxygens (including phenoxy) is 1. The summed E-state index contributed by atoms with van der Waals surface area (Å²) in [5, 5.41) is 1.55. The fourth-order valence-electron chi connectivity index (χ4n) is 1.31. The number of nitrogens with zero attached hydrogens (tertiary/aromatic N) is 1. The summed E-state index contributed by atoms with van der Waals surface area (Å²) in [7, 11) is 1.63. The largest absolute Gasteiger partial charge is 0.496 e. The van der Waals surface area contributed by atoms with E-state index in [2.05, 4.69) is 20.9 Å². The Morgan fingerprint density at radius 2 is 2.07 bits per heavy atom. The molecular formula is C10H7BrClNO. The topological polar surface area (TPSA) is 22.1 Å². The second-order valence-electron chi connectivity index (χ2n) is 2.78. The number of fused-ring (bicyclic) bond motifs is 1. The second kappa shape index (κ2) is 3.75. The molecule has 0 amide bonds. The number of methoxy groups -OCH3 is 1. The van der Waals surface area contributed by atoms with E-state index in [4.69, 9.17) is 16.3 Å². The van der Waals surface area contributed by atoms with E-state index in [0.29, 0.717) is 5.02 Å². The molecule has 4 heteroatoms. The lowest BCUT2D eigenvalue weighted by molar-refractivity contribution is 0.420. The summed E-state index contributed by atoms with van der Waals surface area (Å²) in [4.78, 5) is 4.29. The molecule has 0 unspecified atom stereocenters. The maximum atomic E-state index is 6.02. The molecule has 1 heterocycles. The Morgan fingerprint density at radius 3 is 2.79 bits per heavy atom. The lowest BCUT2D eigenvalue weighted by atomic mass is 10.2. The van der Waals surface area contributed by atoms with Crippen molar-refractivity contribution in [1.82, 2.24) is 4.98 Å². The van der Waals surface area contributed by atoms with Crippen molar-refractivity contribution < 1.29 is 4.74 Å². The molecule has 0 saturated heterocycles. The summed E-state index contributed by atoms with van der Waals surface area (Å²) >= 11 is 9.32. The lowest BCUT2D eigenvalue weighted by Gasteiger charge is -2.05. The van der Waals surface area contributed by atoms with Gasteiger partial charge in [-0.05, 0) is 40.2 Å². The molecule has 2 rings (SSSR count). The van der Waals surface area contributed by atoms with E-state index in [0.717, 1.165) is 21.3 Å². The van der Waals surface area contributed by atoms with Crippen LogP contribution in [0.3, 0.4) is 0 Å². The van der Waals surface area contributed by atoms with Crippen LogP contribution in [0.25, 0.3) is 10.9 Å². The van der Waals surface area contributed by atoms with E-state index in [1.165, 1.54) is 0 Å². The quantitative estimate of drug-likeness (QED) is 0.739. The first-order chi connectivity index (χ1) is 6.72. The minimum Gasteiger partial charge on any atom is -0.496 e. The van der Waals surface area contributed by atoms with Crippen molar-refractivity contribution in [2.24, 2.45) is 0 Å². The molecule has 0 bridgehead atoms. The van der Waals surface area contributed by atoms with Crippen LogP contribution in [0.15, 0.2) is 28.9 Å². The van der Waals surface area contributed by atoms with Crippen LogP contribution >= 0.6 is 27.5 Å². The van der Waals surface area contributed by atoms with Gasteiger partial charge in [0.15, 0.2) is 0 Å². The van der Waals surface area contributed by atoms with Crippen molar-refractivity contribution in [2.75, 3.05) is 7.11 Å². The Kier molecular flexibility index (Phi) is 2.61. The van der Waals surface area contributed by atoms with E-state index in [1.807, 2.05) is 18.2 Å². The summed E-state index contributed by atoms with van der Waals surface area (Å²) < 4.78 is 5.97. The third-order valence-corrected chi connectivity index (χ3v) is 2.70. The molecule has 1 aromatic carbocycles. The van der Waals surface area contributed by atoms with Crippen molar-refractivity contribution in [3.8, 4) is 5.75 Å². The Hall–Kier alpha value is -0.800. The second-order valence-corrected chi connectivity index (χ2v) is 4.00. The Balaban J connectivity index is 2.84. The van der Waals surface area contributed by atoms with Gasteiger partial charge in [-0.2, -0.15) is 0 Å². The number of pyridine rings is 1. The first-order valence-corrected chi connectivity index (χ1v) is 5.18. The zero-order valence-electron chi connectivity index (χ0n) is 7.42. The van der Waals surface area contributed by atoms with Crippen molar-refractivity contribution in [2.45, 2.75) is 0 Å². The van der Waals surface area contributed by atoms with Crippen LogP contribution < -0.4 is 4.74 Å². The SMILES string of the molecule is COc1ccc(Cl)c2nc(Br)ccc12. The van der Waals surface area contributed by atoms with Gasteiger partial charge in [-0.15, -0.1) is 0 Å². The maximum absolute atomic E-state index is 6.02. The summed E-state index contributed by atoms with van der Waals surface area (Å²) in [6, 6.07) is 7.40. The fourth-order valence-corrected chi connectivity index (χ4v) is 1.83. The molecule has 0 aliphatic rings. The van der Waals surface area contributed by atoms with Crippen LogP contribution in [0.1, 0.15) is 0 Å². The Labute approximate surface area is 95.0 Å². The normalized spacial score (nSPS) is 10.5. The zero-order chi connectivity index (χ0) is 10.1. The molecule has 0 fully saturated rings. The fraction of sp³-hybridized carbons (Fsp3) is 0.100. The van der Waals surface area contributed by atoms with Gasteiger partial charge in [-0.25, -0.2) is 4.98 Å². The van der Waals surface area contributed by atoms with Gasteiger partial charge in [0.05, 0.1) is 17.6 Å². The average molecular weight is 273 g/mol. The Morgan fingerprint density at radius 1 is 1.29 bits per heavy atom. The van der Waals surface area contributed by atoms with Crippen LogP contribution in [0.4, 0.5) is 0 Å². The zero-order valence-corrected chi connectivity index (χ0v) is 9.76. The highest BCUT2D eigenvalue weighted by Crippen LogP contribution is 2.30. The van der Waals surface area contributed by atoms with Gasteiger partial charge in [-0.3, -0.25) is 0 Å². The van der Waals surface area contributed by atoms with Crippen LogP contribution in [0.2, 0.25) is 5.02 Å². The van der Waals surface area contributed by atoms with Crippen molar-refractivity contribution in [3.05, 3.63) is 33.9 Å². The molecule has 0 N–H and O–H groups in total.